The van der Waals surface area contributed by atoms with Crippen molar-refractivity contribution < 1.29 is 9.53 Å². The first-order valence-electron chi connectivity index (χ1n) is 8.00. The Labute approximate surface area is 146 Å². The lowest BCUT2D eigenvalue weighted by molar-refractivity contribution is 0.0934. The number of hydrogen-bond donors (Lipinski definition) is 3. The van der Waals surface area contributed by atoms with Crippen molar-refractivity contribution in [1.29, 1.82) is 0 Å². The van der Waals surface area contributed by atoms with Crippen LogP contribution in [0.2, 0.25) is 5.02 Å². The van der Waals surface area contributed by atoms with E-state index in [2.05, 4.69) is 15.3 Å². The number of H-pyrrole nitrogens is 1. The van der Waals surface area contributed by atoms with Crippen LogP contribution in [0.4, 0.5) is 0 Å². The van der Waals surface area contributed by atoms with E-state index in [0.717, 1.165) is 24.4 Å². The van der Waals surface area contributed by atoms with Crippen LogP contribution in [-0.2, 0) is 0 Å². The van der Waals surface area contributed by atoms with Gasteiger partial charge in [-0.05, 0) is 44.5 Å². The summed E-state index contributed by atoms with van der Waals surface area (Å²) >= 11 is 6.19. The standard InChI is InChI=1S/C17H23ClN4O2/c1-3-14(16-20-10-11(2)21-16)22-17(23)12-5-6-15(13(18)9-12)24-8-4-7-19/h5-6,9-10,14H,3-4,7-8,19H2,1-2H3,(H,20,21)(H,22,23)/t14-/m1/s1. The number of carbonyl (C=O) groups excluding carboxylic acids is 1. The van der Waals surface area contributed by atoms with Gasteiger partial charge in [-0.25, -0.2) is 4.98 Å². The van der Waals surface area contributed by atoms with Crippen LogP contribution in [0.3, 0.4) is 0 Å². The zero-order valence-electron chi connectivity index (χ0n) is 13.9. The second-order valence-corrected chi connectivity index (χ2v) is 5.93. The summed E-state index contributed by atoms with van der Waals surface area (Å²) < 4.78 is 5.53. The monoisotopic (exact) mass is 350 g/mol. The molecule has 2 rings (SSSR count). The Hall–Kier alpha value is -2.05. The van der Waals surface area contributed by atoms with Gasteiger partial charge in [-0.15, -0.1) is 0 Å². The molecule has 0 saturated heterocycles. The van der Waals surface area contributed by atoms with Gasteiger partial charge < -0.3 is 20.8 Å². The van der Waals surface area contributed by atoms with E-state index in [1.54, 1.807) is 24.4 Å². The maximum atomic E-state index is 12.4. The van der Waals surface area contributed by atoms with E-state index in [1.807, 2.05) is 13.8 Å². The molecular formula is C17H23ClN4O2. The maximum absolute atomic E-state index is 12.4. The highest BCUT2D eigenvalue weighted by Crippen LogP contribution is 2.26. The molecule has 0 spiro atoms. The molecule has 1 aromatic carbocycles. The number of halogens is 1. The molecule has 0 saturated carbocycles. The smallest absolute Gasteiger partial charge is 0.251 e. The third kappa shape index (κ3) is 4.72. The Morgan fingerprint density at radius 1 is 1.50 bits per heavy atom. The summed E-state index contributed by atoms with van der Waals surface area (Å²) in [6.45, 7) is 4.97. The van der Waals surface area contributed by atoms with E-state index in [9.17, 15) is 4.79 Å². The number of carbonyl (C=O) groups is 1. The first-order valence-corrected chi connectivity index (χ1v) is 8.37. The van der Waals surface area contributed by atoms with Gasteiger partial charge in [0.2, 0.25) is 0 Å². The Kier molecular flexibility index (Phi) is 6.63. The van der Waals surface area contributed by atoms with Crippen molar-refractivity contribution in [2.45, 2.75) is 32.7 Å². The highest BCUT2D eigenvalue weighted by atomic mass is 35.5. The van der Waals surface area contributed by atoms with Crippen molar-refractivity contribution in [1.82, 2.24) is 15.3 Å². The van der Waals surface area contributed by atoms with E-state index in [1.165, 1.54) is 0 Å². The summed E-state index contributed by atoms with van der Waals surface area (Å²) in [5.74, 6) is 1.10. The van der Waals surface area contributed by atoms with E-state index in [4.69, 9.17) is 22.1 Å². The van der Waals surface area contributed by atoms with Crippen molar-refractivity contribution in [3.63, 3.8) is 0 Å². The average Bonchev–Trinajstić information content (AvgIpc) is 3.00. The number of imidazole rings is 1. The minimum absolute atomic E-state index is 0.176. The largest absolute Gasteiger partial charge is 0.492 e. The SMILES string of the molecule is CC[C@@H](NC(=O)c1ccc(OCCCN)c(Cl)c1)c1ncc(C)[nH]1. The zero-order valence-corrected chi connectivity index (χ0v) is 14.7. The number of rotatable bonds is 8. The molecule has 6 nitrogen and oxygen atoms in total. The Bertz CT molecular complexity index is 687. The first kappa shape index (κ1) is 18.3. The number of aromatic nitrogens is 2. The van der Waals surface area contributed by atoms with Gasteiger partial charge in [-0.1, -0.05) is 18.5 Å². The van der Waals surface area contributed by atoms with E-state index >= 15 is 0 Å². The third-order valence-electron chi connectivity index (χ3n) is 3.57. The van der Waals surface area contributed by atoms with Crippen LogP contribution in [0.1, 0.15) is 47.7 Å². The average molecular weight is 351 g/mol. The lowest BCUT2D eigenvalue weighted by Crippen LogP contribution is -2.28. The van der Waals surface area contributed by atoms with Crippen LogP contribution in [-0.4, -0.2) is 29.0 Å². The molecule has 0 bridgehead atoms. The van der Waals surface area contributed by atoms with E-state index < -0.39 is 0 Å². The molecule has 2 aromatic rings. The second-order valence-electron chi connectivity index (χ2n) is 5.52. The molecule has 0 aliphatic rings. The number of hydrogen-bond acceptors (Lipinski definition) is 4. The fourth-order valence-electron chi connectivity index (χ4n) is 2.24. The Balaban J connectivity index is 2.04. The van der Waals surface area contributed by atoms with Crippen molar-refractivity contribution in [3.05, 3.63) is 46.5 Å². The lowest BCUT2D eigenvalue weighted by atomic mass is 10.1. The number of aryl methyl sites for hydroxylation is 1. The number of nitrogens with zero attached hydrogens (tertiary/aromatic N) is 1. The summed E-state index contributed by atoms with van der Waals surface area (Å²) in [7, 11) is 0. The van der Waals surface area contributed by atoms with Gasteiger partial charge in [0, 0.05) is 17.5 Å². The fraction of sp³-hybridized carbons (Fsp3) is 0.412. The molecular weight excluding hydrogens is 328 g/mol. The quantitative estimate of drug-likeness (QED) is 0.638. The first-order chi connectivity index (χ1) is 11.5. The molecule has 1 heterocycles. The molecule has 0 aliphatic heterocycles. The van der Waals surface area contributed by atoms with Crippen LogP contribution in [0.15, 0.2) is 24.4 Å². The lowest BCUT2D eigenvalue weighted by Gasteiger charge is -2.15. The molecule has 1 amide bonds. The normalized spacial score (nSPS) is 12.0. The second kappa shape index (κ2) is 8.70. The van der Waals surface area contributed by atoms with Crippen molar-refractivity contribution in [3.8, 4) is 5.75 Å². The molecule has 0 unspecified atom stereocenters. The highest BCUT2D eigenvalue weighted by Gasteiger charge is 2.17. The molecule has 130 valence electrons. The maximum Gasteiger partial charge on any atom is 0.251 e. The van der Waals surface area contributed by atoms with Crippen LogP contribution >= 0.6 is 11.6 Å². The number of ether oxygens (including phenoxy) is 1. The van der Waals surface area contributed by atoms with Crippen LogP contribution in [0.5, 0.6) is 5.75 Å². The number of nitrogens with one attached hydrogen (secondary N) is 2. The predicted octanol–water partition coefficient (Wildman–Crippen LogP) is 2.98. The Morgan fingerprint density at radius 2 is 2.29 bits per heavy atom. The molecule has 0 fully saturated rings. The zero-order chi connectivity index (χ0) is 17.5. The van der Waals surface area contributed by atoms with Gasteiger partial charge in [-0.3, -0.25) is 4.79 Å². The summed E-state index contributed by atoms with van der Waals surface area (Å²) in [4.78, 5) is 19.9. The van der Waals surface area contributed by atoms with Gasteiger partial charge in [0.25, 0.3) is 5.91 Å². The number of amides is 1. The topological polar surface area (TPSA) is 93.0 Å². The summed E-state index contributed by atoms with van der Waals surface area (Å²) in [6, 6.07) is 4.82. The van der Waals surface area contributed by atoms with Gasteiger partial charge >= 0.3 is 0 Å². The van der Waals surface area contributed by atoms with Crippen LogP contribution in [0, 0.1) is 6.92 Å². The number of nitrogens with two attached hydrogens (primary N) is 1. The minimum atomic E-state index is -0.202. The molecule has 7 heteroatoms. The van der Waals surface area contributed by atoms with Crippen molar-refractivity contribution in [2.75, 3.05) is 13.2 Å². The molecule has 4 N–H and O–H groups in total. The van der Waals surface area contributed by atoms with Gasteiger partial charge in [-0.2, -0.15) is 0 Å². The van der Waals surface area contributed by atoms with Crippen molar-refractivity contribution >= 4 is 17.5 Å². The summed E-state index contributed by atoms with van der Waals surface area (Å²) in [6.07, 6.45) is 3.22. The summed E-state index contributed by atoms with van der Waals surface area (Å²) in [5, 5.41) is 3.37. The van der Waals surface area contributed by atoms with E-state index in [-0.39, 0.29) is 11.9 Å². The Morgan fingerprint density at radius 3 is 2.88 bits per heavy atom. The predicted molar refractivity (Wildman–Crippen MR) is 94.4 cm³/mol. The molecule has 1 atom stereocenters. The molecule has 0 radical (unpaired) electrons. The van der Waals surface area contributed by atoms with Gasteiger partial charge in [0.15, 0.2) is 0 Å². The minimum Gasteiger partial charge on any atom is -0.492 e. The van der Waals surface area contributed by atoms with E-state index in [0.29, 0.717) is 29.5 Å². The van der Waals surface area contributed by atoms with Gasteiger partial charge in [0.05, 0.1) is 17.7 Å². The van der Waals surface area contributed by atoms with Gasteiger partial charge in [0.1, 0.15) is 11.6 Å². The number of benzene rings is 1. The van der Waals surface area contributed by atoms with Crippen LogP contribution < -0.4 is 15.8 Å². The molecule has 1 aromatic heterocycles. The summed E-state index contributed by atoms with van der Waals surface area (Å²) in [5.41, 5.74) is 6.87. The number of aromatic amines is 1. The van der Waals surface area contributed by atoms with Crippen LogP contribution in [0.25, 0.3) is 0 Å². The fourth-order valence-corrected chi connectivity index (χ4v) is 2.48. The molecule has 24 heavy (non-hydrogen) atoms. The third-order valence-corrected chi connectivity index (χ3v) is 3.86. The molecule has 0 aliphatic carbocycles. The van der Waals surface area contributed by atoms with Crippen molar-refractivity contribution in [2.24, 2.45) is 5.73 Å². The highest BCUT2D eigenvalue weighted by molar-refractivity contribution is 6.32.